The molecule has 98 valence electrons. The van der Waals surface area contributed by atoms with E-state index in [-0.39, 0.29) is 6.03 Å². The number of hydrogen-bond acceptors (Lipinski definition) is 3. The van der Waals surface area contributed by atoms with Crippen LogP contribution in [0.4, 0.5) is 4.79 Å². The third kappa shape index (κ3) is 2.83. The summed E-state index contributed by atoms with van der Waals surface area (Å²) in [6.45, 7) is 0.668. The van der Waals surface area contributed by atoms with E-state index in [2.05, 4.69) is 10.3 Å². The summed E-state index contributed by atoms with van der Waals surface area (Å²) >= 11 is 1.62. The van der Waals surface area contributed by atoms with Crippen molar-refractivity contribution < 1.29 is 4.79 Å². The molecule has 0 aromatic carbocycles. The van der Waals surface area contributed by atoms with Crippen LogP contribution in [-0.4, -0.2) is 28.0 Å². The number of nitrogens with one attached hydrogen (secondary N) is 1. The Morgan fingerprint density at radius 2 is 2.17 bits per heavy atom. The lowest BCUT2D eigenvalue weighted by Gasteiger charge is -2.24. The molecule has 4 nitrogen and oxygen atoms in total. The van der Waals surface area contributed by atoms with E-state index in [1.54, 1.807) is 17.5 Å². The van der Waals surface area contributed by atoms with Gasteiger partial charge in [-0.3, -0.25) is 0 Å². The molecule has 1 aromatic rings. The minimum Gasteiger partial charge on any atom is -0.335 e. The smallest absolute Gasteiger partial charge is 0.318 e. The van der Waals surface area contributed by atoms with Gasteiger partial charge in [0.05, 0.1) is 6.54 Å². The molecule has 2 aliphatic rings. The van der Waals surface area contributed by atoms with Gasteiger partial charge in [0, 0.05) is 23.7 Å². The summed E-state index contributed by atoms with van der Waals surface area (Å²) in [5, 5.41) is 6.18. The first-order valence-electron chi connectivity index (χ1n) is 6.78. The molecule has 3 rings (SSSR count). The number of amides is 2. The van der Waals surface area contributed by atoms with Gasteiger partial charge in [-0.15, -0.1) is 11.3 Å². The topological polar surface area (TPSA) is 45.2 Å². The van der Waals surface area contributed by atoms with E-state index in [1.807, 2.05) is 10.3 Å². The molecular weight excluding hydrogens is 246 g/mol. The standard InChI is InChI=1S/C13H19N3OS/c17-13(15-10-3-1-2-4-10)16(11-5-6-11)9-12-14-7-8-18-12/h7-8,10-11H,1-6,9H2,(H,15,17). The molecule has 0 bridgehead atoms. The summed E-state index contributed by atoms with van der Waals surface area (Å²) in [5.41, 5.74) is 0. The van der Waals surface area contributed by atoms with Crippen LogP contribution in [0.2, 0.25) is 0 Å². The molecule has 0 radical (unpaired) electrons. The van der Waals surface area contributed by atoms with Gasteiger partial charge >= 0.3 is 6.03 Å². The highest BCUT2D eigenvalue weighted by Crippen LogP contribution is 2.29. The molecule has 5 heteroatoms. The van der Waals surface area contributed by atoms with Crippen LogP contribution in [0.5, 0.6) is 0 Å². The molecule has 2 amide bonds. The lowest BCUT2D eigenvalue weighted by atomic mass is 10.2. The van der Waals surface area contributed by atoms with Crippen LogP contribution in [0.1, 0.15) is 43.5 Å². The summed E-state index contributed by atoms with van der Waals surface area (Å²) in [4.78, 5) is 18.5. The minimum absolute atomic E-state index is 0.111. The van der Waals surface area contributed by atoms with Crippen molar-refractivity contribution in [2.24, 2.45) is 0 Å². The van der Waals surface area contributed by atoms with Gasteiger partial charge in [-0.1, -0.05) is 12.8 Å². The summed E-state index contributed by atoms with van der Waals surface area (Å²) in [6.07, 6.45) is 8.87. The highest BCUT2D eigenvalue weighted by Gasteiger charge is 2.34. The van der Waals surface area contributed by atoms with Gasteiger partial charge in [0.25, 0.3) is 0 Å². The van der Waals surface area contributed by atoms with Crippen molar-refractivity contribution in [2.75, 3.05) is 0 Å². The van der Waals surface area contributed by atoms with Gasteiger partial charge in [-0.05, 0) is 25.7 Å². The number of urea groups is 1. The summed E-state index contributed by atoms with van der Waals surface area (Å²) < 4.78 is 0. The molecule has 0 atom stereocenters. The summed E-state index contributed by atoms with van der Waals surface area (Å²) in [5.74, 6) is 0. The average Bonchev–Trinajstić information content (AvgIpc) is 2.87. The SMILES string of the molecule is O=C(NC1CCCC1)N(Cc1nccs1)C1CC1. The molecule has 0 spiro atoms. The Morgan fingerprint density at radius 3 is 2.78 bits per heavy atom. The van der Waals surface area contributed by atoms with E-state index in [9.17, 15) is 4.79 Å². The number of rotatable bonds is 4. The second kappa shape index (κ2) is 5.26. The number of carbonyl (C=O) groups excluding carboxylic acids is 1. The molecule has 0 unspecified atom stereocenters. The third-order valence-corrected chi connectivity index (χ3v) is 4.48. The Hall–Kier alpha value is -1.10. The molecule has 1 N–H and O–H groups in total. The fraction of sp³-hybridized carbons (Fsp3) is 0.692. The maximum Gasteiger partial charge on any atom is 0.318 e. The second-order valence-electron chi connectivity index (χ2n) is 5.22. The van der Waals surface area contributed by atoms with E-state index in [1.165, 1.54) is 12.8 Å². The lowest BCUT2D eigenvalue weighted by Crippen LogP contribution is -2.44. The second-order valence-corrected chi connectivity index (χ2v) is 6.19. The Bertz CT molecular complexity index is 396. The van der Waals surface area contributed by atoms with Crippen molar-refractivity contribution in [3.8, 4) is 0 Å². The number of thiazole rings is 1. The summed E-state index contributed by atoms with van der Waals surface area (Å²) in [7, 11) is 0. The molecule has 2 saturated carbocycles. The molecule has 1 aromatic heterocycles. The lowest BCUT2D eigenvalue weighted by molar-refractivity contribution is 0.188. The van der Waals surface area contributed by atoms with Crippen LogP contribution in [0.15, 0.2) is 11.6 Å². The van der Waals surface area contributed by atoms with Crippen LogP contribution in [-0.2, 0) is 6.54 Å². The Labute approximate surface area is 111 Å². The number of carbonyl (C=O) groups is 1. The van der Waals surface area contributed by atoms with Gasteiger partial charge in [0.1, 0.15) is 5.01 Å². The number of hydrogen-bond donors (Lipinski definition) is 1. The predicted molar refractivity (Wildman–Crippen MR) is 71.5 cm³/mol. The molecular formula is C13H19N3OS. The van der Waals surface area contributed by atoms with Crippen molar-refractivity contribution in [1.29, 1.82) is 0 Å². The van der Waals surface area contributed by atoms with Gasteiger partial charge in [0.2, 0.25) is 0 Å². The zero-order chi connectivity index (χ0) is 12.4. The van der Waals surface area contributed by atoms with Crippen molar-refractivity contribution in [2.45, 2.75) is 57.2 Å². The molecule has 2 fully saturated rings. The van der Waals surface area contributed by atoms with Crippen molar-refractivity contribution in [3.05, 3.63) is 16.6 Å². The quantitative estimate of drug-likeness (QED) is 0.910. The largest absolute Gasteiger partial charge is 0.335 e. The molecule has 1 heterocycles. The Morgan fingerprint density at radius 1 is 1.39 bits per heavy atom. The predicted octanol–water partition coefficient (Wildman–Crippen LogP) is 2.76. The highest BCUT2D eigenvalue weighted by molar-refractivity contribution is 7.09. The number of aromatic nitrogens is 1. The minimum atomic E-state index is 0.111. The maximum atomic E-state index is 12.3. The van der Waals surface area contributed by atoms with Crippen LogP contribution >= 0.6 is 11.3 Å². The van der Waals surface area contributed by atoms with E-state index in [0.717, 1.165) is 30.7 Å². The maximum absolute atomic E-state index is 12.3. The molecule has 0 aliphatic heterocycles. The van der Waals surface area contributed by atoms with E-state index in [0.29, 0.717) is 18.6 Å². The molecule has 2 aliphatic carbocycles. The van der Waals surface area contributed by atoms with Crippen molar-refractivity contribution >= 4 is 17.4 Å². The summed E-state index contributed by atoms with van der Waals surface area (Å²) in [6, 6.07) is 0.949. The highest BCUT2D eigenvalue weighted by atomic mass is 32.1. The van der Waals surface area contributed by atoms with Crippen molar-refractivity contribution in [1.82, 2.24) is 15.2 Å². The normalized spacial score (nSPS) is 20.0. The van der Waals surface area contributed by atoms with Gasteiger partial charge in [-0.25, -0.2) is 9.78 Å². The zero-order valence-corrected chi connectivity index (χ0v) is 11.3. The van der Waals surface area contributed by atoms with Crippen LogP contribution < -0.4 is 5.32 Å². The van der Waals surface area contributed by atoms with Gasteiger partial charge in [0.15, 0.2) is 0 Å². The first-order chi connectivity index (χ1) is 8.83. The van der Waals surface area contributed by atoms with Gasteiger partial charge in [-0.2, -0.15) is 0 Å². The van der Waals surface area contributed by atoms with E-state index >= 15 is 0 Å². The Kier molecular flexibility index (Phi) is 3.50. The first-order valence-corrected chi connectivity index (χ1v) is 7.66. The fourth-order valence-electron chi connectivity index (χ4n) is 2.56. The first kappa shape index (κ1) is 12.0. The zero-order valence-electron chi connectivity index (χ0n) is 10.5. The third-order valence-electron chi connectivity index (χ3n) is 3.72. The monoisotopic (exact) mass is 265 g/mol. The van der Waals surface area contributed by atoms with E-state index in [4.69, 9.17) is 0 Å². The van der Waals surface area contributed by atoms with Crippen LogP contribution in [0, 0.1) is 0 Å². The average molecular weight is 265 g/mol. The Balaban J connectivity index is 1.60. The fourth-order valence-corrected chi connectivity index (χ4v) is 3.17. The van der Waals surface area contributed by atoms with Crippen molar-refractivity contribution in [3.63, 3.8) is 0 Å². The van der Waals surface area contributed by atoms with E-state index < -0.39 is 0 Å². The van der Waals surface area contributed by atoms with Crippen LogP contribution in [0.25, 0.3) is 0 Å². The molecule has 0 saturated heterocycles. The van der Waals surface area contributed by atoms with Crippen LogP contribution in [0.3, 0.4) is 0 Å². The molecule has 18 heavy (non-hydrogen) atoms. The number of nitrogens with zero attached hydrogens (tertiary/aromatic N) is 2. The van der Waals surface area contributed by atoms with Gasteiger partial charge < -0.3 is 10.2 Å².